The lowest BCUT2D eigenvalue weighted by atomic mass is 9.65. The van der Waals surface area contributed by atoms with Crippen molar-refractivity contribution in [2.75, 3.05) is 44.5 Å². The van der Waals surface area contributed by atoms with Gasteiger partial charge in [-0.2, -0.15) is 15.2 Å². The lowest BCUT2D eigenvalue weighted by Gasteiger charge is -2.47. The first-order valence-corrected chi connectivity index (χ1v) is 14.5. The van der Waals surface area contributed by atoms with Crippen LogP contribution in [-0.4, -0.2) is 71.8 Å². The number of alkyl halides is 1. The smallest absolute Gasteiger partial charge is 0.318 e. The predicted molar refractivity (Wildman–Crippen MR) is 141 cm³/mol. The Bertz CT molecular complexity index is 1260. The Morgan fingerprint density at radius 3 is 3.00 bits per heavy atom. The van der Waals surface area contributed by atoms with Crippen LogP contribution in [0, 0.1) is 17.2 Å². The van der Waals surface area contributed by atoms with Crippen LogP contribution in [0.25, 0.3) is 0 Å². The average Bonchev–Trinajstić information content (AvgIpc) is 3.48. The molecule has 0 radical (unpaired) electrons. The molecule has 4 aliphatic heterocycles. The maximum Gasteiger partial charge on any atom is 0.318 e. The van der Waals surface area contributed by atoms with Gasteiger partial charge in [-0.15, -0.1) is 0 Å². The summed E-state index contributed by atoms with van der Waals surface area (Å²) in [5.74, 6) is 1.06. The maximum atomic E-state index is 14.4. The minimum absolute atomic E-state index is 0.262. The van der Waals surface area contributed by atoms with Crippen LogP contribution < -0.4 is 15.4 Å². The van der Waals surface area contributed by atoms with Crippen LogP contribution in [0.2, 0.25) is 0 Å². The topological polar surface area (TPSA) is 110 Å². The molecular formula is C29H37FN6O3. The van der Waals surface area contributed by atoms with Gasteiger partial charge >= 0.3 is 6.01 Å². The van der Waals surface area contributed by atoms with Gasteiger partial charge in [0.15, 0.2) is 0 Å². The molecule has 9 nitrogen and oxygen atoms in total. The molecule has 2 N–H and O–H groups in total. The standard InChI is InChI=1S/C29H37FN6O3/c30-20-12-28(7-2-10-36(28)15-20)17-38-27-33-24-13-29(8-1-4-19-5-6-23(32)21(14-31)25(19)29)39-16-22(24)26(34-27)35-9-3-11-37-18-35/h6,19-20H,1-5,7-13,15-18,32H2/t19?,20-,28+,29+/m1/s1. The van der Waals surface area contributed by atoms with E-state index in [1.54, 1.807) is 0 Å². The summed E-state index contributed by atoms with van der Waals surface area (Å²) in [4.78, 5) is 14.2. The number of rotatable bonds is 4. The number of nitriles is 1. The maximum absolute atomic E-state index is 14.4. The quantitative estimate of drug-likeness (QED) is 0.620. The van der Waals surface area contributed by atoms with Gasteiger partial charge in [0.1, 0.15) is 31.4 Å². The number of aromatic nitrogens is 2. The third kappa shape index (κ3) is 4.21. The molecule has 0 amide bonds. The van der Waals surface area contributed by atoms with Crippen LogP contribution in [-0.2, 0) is 22.5 Å². The summed E-state index contributed by atoms with van der Waals surface area (Å²) >= 11 is 0. The van der Waals surface area contributed by atoms with Crippen LogP contribution >= 0.6 is 0 Å². The normalized spacial score (nSPS) is 34.4. The molecule has 4 atom stereocenters. The Balaban J connectivity index is 1.25. The van der Waals surface area contributed by atoms with Gasteiger partial charge < -0.3 is 24.8 Å². The van der Waals surface area contributed by atoms with E-state index in [1.165, 1.54) is 0 Å². The van der Waals surface area contributed by atoms with E-state index in [4.69, 9.17) is 29.9 Å². The van der Waals surface area contributed by atoms with Gasteiger partial charge in [0.25, 0.3) is 0 Å². The Kier molecular flexibility index (Phi) is 6.29. The molecule has 1 spiro atoms. The Morgan fingerprint density at radius 2 is 2.15 bits per heavy atom. The number of hydrogen-bond donors (Lipinski definition) is 1. The highest BCUT2D eigenvalue weighted by Gasteiger charge is 2.50. The van der Waals surface area contributed by atoms with Gasteiger partial charge in [0.05, 0.1) is 35.6 Å². The molecule has 208 valence electrons. The van der Waals surface area contributed by atoms with Crippen LogP contribution in [0.15, 0.2) is 22.9 Å². The summed E-state index contributed by atoms with van der Waals surface area (Å²) in [7, 11) is 0. The van der Waals surface area contributed by atoms with Gasteiger partial charge in [-0.3, -0.25) is 4.90 Å². The molecule has 1 aromatic rings. The van der Waals surface area contributed by atoms with E-state index in [-0.39, 0.29) is 11.5 Å². The molecule has 39 heavy (non-hydrogen) atoms. The first-order chi connectivity index (χ1) is 19.0. The second-order valence-corrected chi connectivity index (χ2v) is 12.1. The number of nitrogens with zero attached hydrogens (tertiary/aromatic N) is 5. The molecule has 1 saturated carbocycles. The summed E-state index contributed by atoms with van der Waals surface area (Å²) in [6.45, 7) is 4.18. The summed E-state index contributed by atoms with van der Waals surface area (Å²) in [5, 5.41) is 10.1. The van der Waals surface area contributed by atoms with E-state index in [1.807, 2.05) is 6.08 Å². The second-order valence-electron chi connectivity index (χ2n) is 12.1. The number of halogens is 1. The van der Waals surface area contributed by atoms with E-state index in [0.717, 1.165) is 87.3 Å². The average molecular weight is 537 g/mol. The molecule has 0 aromatic carbocycles. The Hall–Kier alpha value is -2.74. The fourth-order valence-corrected chi connectivity index (χ4v) is 8.00. The van der Waals surface area contributed by atoms with Crippen molar-refractivity contribution in [1.82, 2.24) is 14.9 Å². The Labute approximate surface area is 228 Å². The van der Waals surface area contributed by atoms with Crippen LogP contribution in [0.5, 0.6) is 6.01 Å². The highest BCUT2D eigenvalue weighted by molar-refractivity contribution is 5.55. The van der Waals surface area contributed by atoms with Crippen LogP contribution in [0.3, 0.4) is 0 Å². The Morgan fingerprint density at radius 1 is 1.23 bits per heavy atom. The van der Waals surface area contributed by atoms with Gasteiger partial charge in [0.2, 0.25) is 0 Å². The van der Waals surface area contributed by atoms with E-state index < -0.39 is 11.8 Å². The van der Waals surface area contributed by atoms with Crippen molar-refractivity contribution in [3.05, 3.63) is 34.2 Å². The van der Waals surface area contributed by atoms with Crippen molar-refractivity contribution >= 4 is 5.82 Å². The summed E-state index contributed by atoms with van der Waals surface area (Å²) in [6.07, 6.45) is 8.88. The summed E-state index contributed by atoms with van der Waals surface area (Å²) in [6, 6.07) is 2.72. The van der Waals surface area contributed by atoms with Crippen LogP contribution in [0.4, 0.5) is 10.2 Å². The largest absolute Gasteiger partial charge is 0.461 e. The number of allylic oxidation sites excluding steroid dienone is 2. The molecule has 10 heteroatoms. The van der Waals surface area contributed by atoms with Crippen molar-refractivity contribution in [2.45, 2.75) is 81.7 Å². The predicted octanol–water partition coefficient (Wildman–Crippen LogP) is 3.29. The van der Waals surface area contributed by atoms with E-state index in [2.05, 4.69) is 15.9 Å². The van der Waals surface area contributed by atoms with Gasteiger partial charge in [0, 0.05) is 37.2 Å². The fourth-order valence-electron chi connectivity index (χ4n) is 8.00. The van der Waals surface area contributed by atoms with E-state index in [9.17, 15) is 9.65 Å². The molecule has 2 aliphatic carbocycles. The number of nitrogens with two attached hydrogens (primary N) is 1. The molecule has 7 rings (SSSR count). The van der Waals surface area contributed by atoms with Gasteiger partial charge in [-0.05, 0) is 63.0 Å². The van der Waals surface area contributed by atoms with Crippen LogP contribution in [0.1, 0.15) is 62.6 Å². The first kappa shape index (κ1) is 25.2. The number of anilines is 1. The van der Waals surface area contributed by atoms with Gasteiger partial charge in [-0.25, -0.2) is 4.39 Å². The van der Waals surface area contributed by atoms with E-state index in [0.29, 0.717) is 56.6 Å². The second kappa shape index (κ2) is 9.72. The molecule has 1 unspecified atom stereocenters. The van der Waals surface area contributed by atoms with Crippen molar-refractivity contribution in [3.63, 3.8) is 0 Å². The molecule has 5 heterocycles. The molecular weight excluding hydrogens is 499 g/mol. The molecule has 6 aliphatic rings. The third-order valence-electron chi connectivity index (χ3n) is 9.81. The van der Waals surface area contributed by atoms with Crippen molar-refractivity contribution in [2.24, 2.45) is 11.7 Å². The number of ether oxygens (including phenoxy) is 3. The molecule has 4 fully saturated rings. The lowest BCUT2D eigenvalue weighted by Crippen LogP contribution is -2.48. The zero-order valence-corrected chi connectivity index (χ0v) is 22.5. The molecule has 3 saturated heterocycles. The zero-order valence-electron chi connectivity index (χ0n) is 22.5. The highest BCUT2D eigenvalue weighted by Crippen LogP contribution is 2.50. The first-order valence-electron chi connectivity index (χ1n) is 14.5. The zero-order chi connectivity index (χ0) is 26.6. The van der Waals surface area contributed by atoms with Crippen molar-refractivity contribution < 1.29 is 18.6 Å². The SMILES string of the molecule is N#CC1=C2C(CC=C1N)CCC[C@]21Cc2nc(OC[C@@]34CCCN3C[C@H](F)C4)nc(N3CCCOC3)c2CO1. The third-order valence-corrected chi connectivity index (χ3v) is 9.81. The monoisotopic (exact) mass is 536 g/mol. The van der Waals surface area contributed by atoms with E-state index >= 15 is 0 Å². The minimum Gasteiger partial charge on any atom is -0.461 e. The summed E-state index contributed by atoms with van der Waals surface area (Å²) < 4.78 is 33.2. The molecule has 0 bridgehead atoms. The fraction of sp³-hybridized carbons (Fsp3) is 0.690. The number of fused-ring (bicyclic) bond motifs is 4. The van der Waals surface area contributed by atoms with Crippen molar-refractivity contribution in [3.8, 4) is 12.1 Å². The highest BCUT2D eigenvalue weighted by atomic mass is 19.1. The molecule has 1 aromatic heterocycles. The van der Waals surface area contributed by atoms with Crippen molar-refractivity contribution in [1.29, 1.82) is 5.26 Å². The summed E-state index contributed by atoms with van der Waals surface area (Å²) in [5.41, 5.74) is 9.48. The minimum atomic E-state index is -0.810. The van der Waals surface area contributed by atoms with Gasteiger partial charge in [-0.1, -0.05) is 6.08 Å². The number of hydrogen-bond acceptors (Lipinski definition) is 9. The lowest BCUT2D eigenvalue weighted by molar-refractivity contribution is -0.0649.